The van der Waals surface area contributed by atoms with Crippen molar-refractivity contribution in [3.63, 3.8) is 0 Å². The van der Waals surface area contributed by atoms with E-state index in [1.54, 1.807) is 31.3 Å². The number of rotatable bonds is 4. The van der Waals surface area contributed by atoms with Gasteiger partial charge in [0.25, 0.3) is 5.91 Å². The molecule has 0 saturated heterocycles. The molecular weight excluding hydrogens is 454 g/mol. The fourth-order valence-corrected chi connectivity index (χ4v) is 4.34. The van der Waals surface area contributed by atoms with Crippen LogP contribution in [0.3, 0.4) is 0 Å². The summed E-state index contributed by atoms with van der Waals surface area (Å²) in [5.74, 6) is -1.53. The first-order valence-electron chi connectivity index (χ1n) is 10.9. The SMILES string of the molecule is Cc1ccc(F)cc1-c1cc(Nc2cc(O)cc(O)c2C(=O)N2Cc3cccc(F)c3C2)n(C)n1. The molecule has 4 aromatic rings. The van der Waals surface area contributed by atoms with Gasteiger partial charge in [-0.3, -0.25) is 9.48 Å². The molecule has 0 saturated carbocycles. The van der Waals surface area contributed by atoms with E-state index in [2.05, 4.69) is 10.4 Å². The highest BCUT2D eigenvalue weighted by Gasteiger charge is 2.30. The first kappa shape index (κ1) is 22.4. The van der Waals surface area contributed by atoms with Crippen molar-refractivity contribution in [2.24, 2.45) is 7.05 Å². The molecule has 1 amide bonds. The number of halogens is 2. The van der Waals surface area contributed by atoms with Crippen LogP contribution < -0.4 is 5.32 Å². The van der Waals surface area contributed by atoms with Crippen molar-refractivity contribution in [1.29, 1.82) is 0 Å². The van der Waals surface area contributed by atoms with Crippen molar-refractivity contribution in [3.05, 3.63) is 88.5 Å². The number of aromatic nitrogens is 2. The molecule has 0 unspecified atom stereocenters. The number of hydrogen-bond donors (Lipinski definition) is 3. The molecule has 0 radical (unpaired) electrons. The van der Waals surface area contributed by atoms with E-state index in [0.29, 0.717) is 28.2 Å². The van der Waals surface area contributed by atoms with Gasteiger partial charge in [0, 0.05) is 49.5 Å². The van der Waals surface area contributed by atoms with Gasteiger partial charge in [0.15, 0.2) is 0 Å². The molecule has 178 valence electrons. The second kappa shape index (κ2) is 8.43. The molecule has 5 rings (SSSR count). The summed E-state index contributed by atoms with van der Waals surface area (Å²) in [6.07, 6.45) is 0. The van der Waals surface area contributed by atoms with Gasteiger partial charge in [-0.1, -0.05) is 18.2 Å². The number of carbonyl (C=O) groups is 1. The van der Waals surface area contributed by atoms with Gasteiger partial charge < -0.3 is 20.4 Å². The molecule has 3 N–H and O–H groups in total. The van der Waals surface area contributed by atoms with Gasteiger partial charge in [-0.15, -0.1) is 0 Å². The summed E-state index contributed by atoms with van der Waals surface area (Å²) in [5.41, 5.74) is 3.18. The maximum Gasteiger partial charge on any atom is 0.260 e. The number of carbonyl (C=O) groups excluding carboxylic acids is 1. The first-order chi connectivity index (χ1) is 16.7. The number of phenolic OH excluding ortho intramolecular Hbond substituents is 2. The predicted octanol–water partition coefficient (Wildman–Crippen LogP) is 4.98. The van der Waals surface area contributed by atoms with Crippen molar-refractivity contribution >= 4 is 17.4 Å². The summed E-state index contributed by atoms with van der Waals surface area (Å²) in [6, 6.07) is 13.2. The van der Waals surface area contributed by atoms with E-state index in [1.165, 1.54) is 33.8 Å². The molecule has 1 aromatic heterocycles. The van der Waals surface area contributed by atoms with E-state index in [4.69, 9.17) is 0 Å². The maximum absolute atomic E-state index is 14.2. The number of phenols is 2. The van der Waals surface area contributed by atoms with Crippen LogP contribution in [0.1, 0.15) is 27.0 Å². The largest absolute Gasteiger partial charge is 0.508 e. The Balaban J connectivity index is 1.49. The molecule has 35 heavy (non-hydrogen) atoms. The number of amides is 1. The molecule has 0 aliphatic carbocycles. The summed E-state index contributed by atoms with van der Waals surface area (Å²) in [4.78, 5) is 14.8. The normalized spacial score (nSPS) is 12.6. The second-order valence-corrected chi connectivity index (χ2v) is 8.55. The Morgan fingerprint density at radius 1 is 1.06 bits per heavy atom. The van der Waals surface area contributed by atoms with Crippen LogP contribution >= 0.6 is 0 Å². The lowest BCUT2D eigenvalue weighted by Crippen LogP contribution is -2.26. The molecule has 0 spiro atoms. The number of anilines is 2. The highest BCUT2D eigenvalue weighted by molar-refractivity contribution is 6.03. The Hall–Kier alpha value is -4.40. The number of benzene rings is 3. The Morgan fingerprint density at radius 3 is 2.63 bits per heavy atom. The van der Waals surface area contributed by atoms with Crippen LogP contribution in [0.2, 0.25) is 0 Å². The van der Waals surface area contributed by atoms with E-state index < -0.39 is 11.7 Å². The van der Waals surface area contributed by atoms with Gasteiger partial charge >= 0.3 is 0 Å². The number of nitrogens with one attached hydrogen (secondary N) is 1. The van der Waals surface area contributed by atoms with Crippen molar-refractivity contribution in [2.45, 2.75) is 20.0 Å². The molecule has 0 fully saturated rings. The van der Waals surface area contributed by atoms with Crippen LogP contribution in [-0.4, -0.2) is 30.8 Å². The molecule has 7 nitrogen and oxygen atoms in total. The van der Waals surface area contributed by atoms with Crippen molar-refractivity contribution in [3.8, 4) is 22.8 Å². The minimum atomic E-state index is -0.524. The number of aryl methyl sites for hydroxylation is 2. The Kier molecular flexibility index (Phi) is 5.39. The summed E-state index contributed by atoms with van der Waals surface area (Å²) < 4.78 is 29.5. The van der Waals surface area contributed by atoms with Crippen LogP contribution in [0.15, 0.2) is 54.6 Å². The van der Waals surface area contributed by atoms with Crippen molar-refractivity contribution in [1.82, 2.24) is 14.7 Å². The van der Waals surface area contributed by atoms with Gasteiger partial charge in [0.05, 0.1) is 11.4 Å². The van der Waals surface area contributed by atoms with Crippen molar-refractivity contribution in [2.75, 3.05) is 5.32 Å². The standard InChI is InChI=1S/C26H22F2N4O3/c1-14-6-7-16(27)8-18(14)21-11-24(31(2)30-21)29-22-9-17(33)10-23(34)25(22)26(35)32-12-15-4-3-5-20(28)19(15)13-32/h3-11,29,33-34H,12-13H2,1-2H3. The minimum Gasteiger partial charge on any atom is -0.508 e. The number of nitrogens with zero attached hydrogens (tertiary/aromatic N) is 3. The van der Waals surface area contributed by atoms with Gasteiger partial charge in [0.2, 0.25) is 0 Å². The molecule has 1 aliphatic heterocycles. The summed E-state index contributed by atoms with van der Waals surface area (Å²) in [7, 11) is 1.67. The lowest BCUT2D eigenvalue weighted by molar-refractivity contribution is 0.0748. The van der Waals surface area contributed by atoms with Crippen LogP contribution in [0, 0.1) is 18.6 Å². The fraction of sp³-hybridized carbons (Fsp3) is 0.154. The van der Waals surface area contributed by atoms with E-state index >= 15 is 0 Å². The third kappa shape index (κ3) is 4.05. The zero-order valence-corrected chi connectivity index (χ0v) is 19.0. The molecular formula is C26H22F2N4O3. The molecule has 3 aromatic carbocycles. The molecule has 0 atom stereocenters. The highest BCUT2D eigenvalue weighted by Crippen LogP contribution is 2.37. The molecule has 0 bridgehead atoms. The monoisotopic (exact) mass is 476 g/mol. The zero-order chi connectivity index (χ0) is 24.9. The van der Waals surface area contributed by atoms with E-state index in [-0.39, 0.29) is 41.7 Å². The zero-order valence-electron chi connectivity index (χ0n) is 19.0. The first-order valence-corrected chi connectivity index (χ1v) is 10.9. The third-order valence-corrected chi connectivity index (χ3v) is 6.15. The number of fused-ring (bicyclic) bond motifs is 1. The quantitative estimate of drug-likeness (QED) is 0.386. The predicted molar refractivity (Wildman–Crippen MR) is 126 cm³/mol. The number of aromatic hydroxyl groups is 2. The van der Waals surface area contributed by atoms with Crippen molar-refractivity contribution < 1.29 is 23.8 Å². The van der Waals surface area contributed by atoms with Gasteiger partial charge in [-0.05, 0) is 36.2 Å². The lowest BCUT2D eigenvalue weighted by Gasteiger charge is -2.20. The van der Waals surface area contributed by atoms with E-state index in [9.17, 15) is 23.8 Å². The van der Waals surface area contributed by atoms with Crippen LogP contribution in [0.4, 0.5) is 20.3 Å². The average molecular weight is 476 g/mol. The second-order valence-electron chi connectivity index (χ2n) is 8.55. The molecule has 9 heteroatoms. The third-order valence-electron chi connectivity index (χ3n) is 6.15. The van der Waals surface area contributed by atoms with Gasteiger partial charge in [0.1, 0.15) is 34.5 Å². The summed E-state index contributed by atoms with van der Waals surface area (Å²) in [6.45, 7) is 2.10. The molecule has 1 aliphatic rings. The minimum absolute atomic E-state index is 0.0648. The fourth-order valence-electron chi connectivity index (χ4n) is 4.34. The Labute approximate surface area is 199 Å². The van der Waals surface area contributed by atoms with Gasteiger partial charge in [-0.25, -0.2) is 8.78 Å². The lowest BCUT2D eigenvalue weighted by atomic mass is 10.1. The summed E-state index contributed by atoms with van der Waals surface area (Å²) in [5, 5.41) is 28.2. The smallest absolute Gasteiger partial charge is 0.260 e. The van der Waals surface area contributed by atoms with Crippen LogP contribution in [0.25, 0.3) is 11.3 Å². The highest BCUT2D eigenvalue weighted by atomic mass is 19.1. The van der Waals surface area contributed by atoms with Crippen LogP contribution in [0.5, 0.6) is 11.5 Å². The topological polar surface area (TPSA) is 90.6 Å². The van der Waals surface area contributed by atoms with E-state index in [1.807, 2.05) is 6.92 Å². The Bertz CT molecular complexity index is 1480. The van der Waals surface area contributed by atoms with Gasteiger partial charge in [-0.2, -0.15) is 5.10 Å². The average Bonchev–Trinajstić information content (AvgIpc) is 3.39. The Morgan fingerprint density at radius 2 is 1.86 bits per heavy atom. The van der Waals surface area contributed by atoms with Crippen LogP contribution in [-0.2, 0) is 20.1 Å². The molecule has 2 heterocycles. The summed E-state index contributed by atoms with van der Waals surface area (Å²) >= 11 is 0. The van der Waals surface area contributed by atoms with E-state index in [0.717, 1.165) is 11.6 Å². The maximum atomic E-state index is 14.2. The number of hydrogen-bond acceptors (Lipinski definition) is 5.